The van der Waals surface area contributed by atoms with Crippen LogP contribution in [-0.2, 0) is 21.4 Å². The van der Waals surface area contributed by atoms with Crippen LogP contribution in [0.15, 0.2) is 60.5 Å². The van der Waals surface area contributed by atoms with E-state index in [0.29, 0.717) is 10.6 Å². The van der Waals surface area contributed by atoms with E-state index in [2.05, 4.69) is 57.7 Å². The van der Waals surface area contributed by atoms with Crippen molar-refractivity contribution in [1.82, 2.24) is 19.7 Å². The van der Waals surface area contributed by atoms with E-state index in [1.807, 2.05) is 24.4 Å². The van der Waals surface area contributed by atoms with E-state index in [4.69, 9.17) is 19.5 Å². The first-order valence-corrected chi connectivity index (χ1v) is 15.7. The molecule has 2 heterocycles. The number of nitrogens with zero attached hydrogens (tertiary/aromatic N) is 5. The van der Waals surface area contributed by atoms with E-state index in [0.717, 1.165) is 17.3 Å². The van der Waals surface area contributed by atoms with Crippen molar-refractivity contribution in [3.05, 3.63) is 88.3 Å². The third-order valence-corrected chi connectivity index (χ3v) is 10.7. The van der Waals surface area contributed by atoms with Crippen molar-refractivity contribution < 1.29 is 18.0 Å². The third-order valence-electron chi connectivity index (χ3n) is 6.87. The lowest BCUT2D eigenvalue weighted by Gasteiger charge is -2.42. The quantitative estimate of drug-likeness (QED) is 0.133. The van der Waals surface area contributed by atoms with E-state index in [9.17, 15) is 4.39 Å². The van der Waals surface area contributed by atoms with Gasteiger partial charge >= 0.3 is 0 Å². The Hall–Kier alpha value is -3.09. The van der Waals surface area contributed by atoms with Crippen LogP contribution in [0.5, 0.6) is 0 Å². The first-order valence-electron chi connectivity index (χ1n) is 13.6. The standard InChI is InChI=1S/C31H36F2N5O2PS/c1-21(28-37-27(16-42-28)23-10-8-22(15-34)9-11-23)31(17-38-19-35-18-36-38,25-13-12-24(32)14-26(25)33)39-20-40-41(29(2,3)4)30(5,6)7/h8-14,16,18-19,21H,17,20H2,1-7H3/t21-,31+/m0/s1. The minimum absolute atomic E-state index is 0.0782. The van der Waals surface area contributed by atoms with E-state index in [1.165, 1.54) is 36.1 Å². The van der Waals surface area contributed by atoms with Gasteiger partial charge in [-0.15, -0.1) is 11.3 Å². The summed E-state index contributed by atoms with van der Waals surface area (Å²) in [5.41, 5.74) is 0.910. The van der Waals surface area contributed by atoms with Gasteiger partial charge in [-0.2, -0.15) is 10.4 Å². The summed E-state index contributed by atoms with van der Waals surface area (Å²) in [5, 5.41) is 15.8. The zero-order chi connectivity index (χ0) is 30.7. The van der Waals surface area contributed by atoms with Crippen molar-refractivity contribution in [3.63, 3.8) is 0 Å². The average molecular weight is 612 g/mol. The summed E-state index contributed by atoms with van der Waals surface area (Å²) in [6.07, 6.45) is 2.94. The number of ether oxygens (including phenoxy) is 1. The molecular formula is C31H36F2N5O2PS. The Morgan fingerprint density at radius 2 is 1.74 bits per heavy atom. The Morgan fingerprint density at radius 1 is 1.05 bits per heavy atom. The van der Waals surface area contributed by atoms with Crippen molar-refractivity contribution in [2.24, 2.45) is 0 Å². The number of benzene rings is 2. The van der Waals surface area contributed by atoms with E-state index in [1.54, 1.807) is 16.8 Å². The molecule has 0 aliphatic heterocycles. The molecule has 0 radical (unpaired) electrons. The lowest BCUT2D eigenvalue weighted by molar-refractivity contribution is -0.134. The Bertz CT molecular complexity index is 1510. The maximum atomic E-state index is 15.7. The monoisotopic (exact) mass is 611 g/mol. The van der Waals surface area contributed by atoms with Gasteiger partial charge in [0, 0.05) is 47.0 Å². The third kappa shape index (κ3) is 7.09. The molecule has 0 fully saturated rings. The molecule has 2 aromatic carbocycles. The predicted octanol–water partition coefficient (Wildman–Crippen LogP) is 8.24. The van der Waals surface area contributed by atoms with Gasteiger partial charge in [-0.3, -0.25) is 0 Å². The highest BCUT2D eigenvalue weighted by Gasteiger charge is 2.45. The molecule has 0 saturated carbocycles. The largest absolute Gasteiger partial charge is 0.341 e. The number of thiazole rings is 1. The van der Waals surface area contributed by atoms with Crippen LogP contribution in [0.1, 0.15) is 70.5 Å². The maximum absolute atomic E-state index is 15.7. The van der Waals surface area contributed by atoms with Crippen molar-refractivity contribution in [2.75, 3.05) is 6.79 Å². The van der Waals surface area contributed by atoms with Gasteiger partial charge in [-0.25, -0.2) is 23.4 Å². The molecule has 0 saturated heterocycles. The van der Waals surface area contributed by atoms with E-state index >= 15 is 4.39 Å². The molecule has 0 bridgehead atoms. The highest BCUT2D eigenvalue weighted by atomic mass is 32.1. The summed E-state index contributed by atoms with van der Waals surface area (Å²) in [6.45, 7) is 14.7. The van der Waals surface area contributed by atoms with Gasteiger partial charge in [-0.05, 0) is 18.2 Å². The normalized spacial score (nSPS) is 14.5. The highest BCUT2D eigenvalue weighted by molar-refractivity contribution is 7.55. The molecule has 2 atom stereocenters. The Labute approximate surface area is 251 Å². The summed E-state index contributed by atoms with van der Waals surface area (Å²) < 4.78 is 44.6. The summed E-state index contributed by atoms with van der Waals surface area (Å²) in [5.74, 6) is -1.94. The maximum Gasteiger partial charge on any atom is 0.151 e. The summed E-state index contributed by atoms with van der Waals surface area (Å²) >= 11 is 1.42. The molecule has 0 N–H and O–H groups in total. The van der Waals surface area contributed by atoms with Crippen molar-refractivity contribution in [3.8, 4) is 17.3 Å². The van der Waals surface area contributed by atoms with E-state index in [-0.39, 0.29) is 29.2 Å². The van der Waals surface area contributed by atoms with Crippen molar-refractivity contribution >= 4 is 19.5 Å². The number of halogens is 2. The first kappa shape index (κ1) is 31.8. The fourth-order valence-electron chi connectivity index (χ4n) is 5.20. The van der Waals surface area contributed by atoms with Crippen LogP contribution in [0.3, 0.4) is 0 Å². The molecule has 2 aromatic heterocycles. The van der Waals surface area contributed by atoms with Gasteiger partial charge in [-0.1, -0.05) is 66.7 Å². The number of rotatable bonds is 10. The summed E-state index contributed by atoms with van der Waals surface area (Å²) in [6, 6.07) is 12.8. The molecule has 222 valence electrons. The molecular weight excluding hydrogens is 575 g/mol. The van der Waals surface area contributed by atoms with Gasteiger partial charge in [0.1, 0.15) is 29.9 Å². The number of aromatic nitrogens is 4. The molecule has 0 spiro atoms. The molecule has 42 heavy (non-hydrogen) atoms. The second kappa shape index (κ2) is 12.6. The Kier molecular flexibility index (Phi) is 9.58. The second-order valence-corrected chi connectivity index (χ2v) is 16.5. The van der Waals surface area contributed by atoms with Crippen LogP contribution < -0.4 is 0 Å². The second-order valence-electron chi connectivity index (χ2n) is 12.1. The smallest absolute Gasteiger partial charge is 0.151 e. The van der Waals surface area contributed by atoms with Crippen LogP contribution in [0.4, 0.5) is 8.78 Å². The van der Waals surface area contributed by atoms with Gasteiger partial charge in [0.15, 0.2) is 6.79 Å². The number of nitriles is 1. The SMILES string of the molecule is C[C@@H](c1nc(-c2ccc(C#N)cc2)cs1)[C@@](Cn1cncn1)(OCOP(C(C)(C)C)C(C)(C)C)c1ccc(F)cc1F. The predicted molar refractivity (Wildman–Crippen MR) is 162 cm³/mol. The first-order chi connectivity index (χ1) is 19.7. The molecule has 0 aliphatic rings. The van der Waals surface area contributed by atoms with Gasteiger partial charge in [0.2, 0.25) is 0 Å². The van der Waals surface area contributed by atoms with Crippen molar-refractivity contribution in [1.29, 1.82) is 5.26 Å². The van der Waals surface area contributed by atoms with Crippen LogP contribution in [0, 0.1) is 23.0 Å². The van der Waals surface area contributed by atoms with Crippen LogP contribution in [0.2, 0.25) is 0 Å². The molecule has 7 nitrogen and oxygen atoms in total. The van der Waals surface area contributed by atoms with E-state index < -0.39 is 31.3 Å². The average Bonchev–Trinajstić information content (AvgIpc) is 3.61. The Morgan fingerprint density at radius 3 is 2.31 bits per heavy atom. The minimum Gasteiger partial charge on any atom is -0.341 e. The fourth-order valence-corrected chi connectivity index (χ4v) is 9.12. The van der Waals surface area contributed by atoms with Crippen LogP contribution >= 0.6 is 19.5 Å². The fraction of sp³-hybridized carbons (Fsp3) is 0.419. The molecule has 11 heteroatoms. The number of hydrogen-bond acceptors (Lipinski definition) is 7. The lowest BCUT2D eigenvalue weighted by atomic mass is 9.81. The van der Waals surface area contributed by atoms with Crippen LogP contribution in [-0.4, -0.2) is 36.9 Å². The highest BCUT2D eigenvalue weighted by Crippen LogP contribution is 2.60. The number of hydrogen-bond donors (Lipinski definition) is 0. The molecule has 0 amide bonds. The van der Waals surface area contributed by atoms with Gasteiger partial charge < -0.3 is 9.26 Å². The summed E-state index contributed by atoms with van der Waals surface area (Å²) in [4.78, 5) is 8.98. The summed E-state index contributed by atoms with van der Waals surface area (Å²) in [7, 11) is -0.981. The van der Waals surface area contributed by atoms with Gasteiger partial charge in [0.05, 0.1) is 28.9 Å². The topological polar surface area (TPSA) is 85.9 Å². The Balaban J connectivity index is 1.79. The van der Waals surface area contributed by atoms with Gasteiger partial charge in [0.25, 0.3) is 0 Å². The zero-order valence-electron chi connectivity index (χ0n) is 24.9. The lowest BCUT2D eigenvalue weighted by Crippen LogP contribution is -2.42. The molecule has 0 aliphatic carbocycles. The minimum atomic E-state index is -1.39. The van der Waals surface area contributed by atoms with Crippen LogP contribution in [0.25, 0.3) is 11.3 Å². The zero-order valence-corrected chi connectivity index (χ0v) is 26.6. The molecule has 4 rings (SSSR count). The molecule has 4 aromatic rings. The van der Waals surface area contributed by atoms with Crippen molar-refractivity contribution in [2.45, 2.75) is 76.8 Å². The molecule has 0 unspecified atom stereocenters.